The standard InChI is InChI=1S/C16H22N4O2S/c1-16(10-17,11-3-4-11)19-14(21)13-6-5-12(22-13)9-23-15-18-7-8-20(15)2/h5-8,11H,3-4,9-10,17H2,1-2H3,(H,19,21). The second kappa shape index (κ2) is 6.41. The molecule has 1 saturated carbocycles. The number of rotatable bonds is 7. The summed E-state index contributed by atoms with van der Waals surface area (Å²) < 4.78 is 7.61. The highest BCUT2D eigenvalue weighted by Crippen LogP contribution is 2.39. The lowest BCUT2D eigenvalue weighted by molar-refractivity contribution is 0.0867. The van der Waals surface area contributed by atoms with E-state index < -0.39 is 0 Å². The molecule has 1 aliphatic rings. The van der Waals surface area contributed by atoms with Crippen molar-refractivity contribution in [3.05, 3.63) is 36.0 Å². The number of carbonyl (C=O) groups excluding carboxylic acids is 1. The van der Waals surface area contributed by atoms with Gasteiger partial charge in [-0.05, 0) is 37.8 Å². The van der Waals surface area contributed by atoms with Crippen LogP contribution in [0.3, 0.4) is 0 Å². The summed E-state index contributed by atoms with van der Waals surface area (Å²) in [5.41, 5.74) is 5.50. The molecule has 1 amide bonds. The average molecular weight is 334 g/mol. The molecule has 1 unspecified atom stereocenters. The number of hydrogen-bond donors (Lipinski definition) is 2. The molecule has 2 aromatic rings. The van der Waals surface area contributed by atoms with E-state index in [1.165, 1.54) is 0 Å². The summed E-state index contributed by atoms with van der Waals surface area (Å²) in [7, 11) is 1.95. The molecular weight excluding hydrogens is 312 g/mol. The highest BCUT2D eigenvalue weighted by atomic mass is 32.2. The fraction of sp³-hybridized carbons (Fsp3) is 0.500. The number of nitrogens with two attached hydrogens (primary N) is 1. The molecular formula is C16H22N4O2S. The van der Waals surface area contributed by atoms with Crippen LogP contribution in [0, 0.1) is 5.92 Å². The molecule has 1 aliphatic carbocycles. The maximum absolute atomic E-state index is 12.4. The molecule has 0 spiro atoms. The summed E-state index contributed by atoms with van der Waals surface area (Å²) in [6.07, 6.45) is 5.90. The first-order valence-electron chi connectivity index (χ1n) is 7.73. The maximum atomic E-state index is 12.4. The smallest absolute Gasteiger partial charge is 0.287 e. The van der Waals surface area contributed by atoms with Gasteiger partial charge in [0, 0.05) is 26.0 Å². The third-order valence-electron chi connectivity index (χ3n) is 4.31. The van der Waals surface area contributed by atoms with Crippen LogP contribution in [0.4, 0.5) is 0 Å². The number of aryl methyl sites for hydroxylation is 1. The summed E-state index contributed by atoms with van der Waals surface area (Å²) in [4.78, 5) is 16.6. The molecule has 0 saturated heterocycles. The van der Waals surface area contributed by atoms with Gasteiger partial charge in [-0.1, -0.05) is 11.8 Å². The Morgan fingerprint density at radius 2 is 2.35 bits per heavy atom. The van der Waals surface area contributed by atoms with Crippen LogP contribution in [-0.2, 0) is 12.8 Å². The molecule has 23 heavy (non-hydrogen) atoms. The number of amides is 1. The Labute approximate surface area is 139 Å². The first-order valence-corrected chi connectivity index (χ1v) is 8.72. The Kier molecular flexibility index (Phi) is 4.50. The second-order valence-electron chi connectivity index (χ2n) is 6.23. The van der Waals surface area contributed by atoms with Gasteiger partial charge in [0.05, 0.1) is 11.3 Å². The van der Waals surface area contributed by atoms with Crippen molar-refractivity contribution in [3.8, 4) is 0 Å². The second-order valence-corrected chi connectivity index (χ2v) is 7.17. The van der Waals surface area contributed by atoms with Crippen LogP contribution in [-0.4, -0.2) is 27.5 Å². The molecule has 2 heterocycles. The fourth-order valence-electron chi connectivity index (χ4n) is 2.57. The molecule has 0 aliphatic heterocycles. The van der Waals surface area contributed by atoms with Crippen molar-refractivity contribution in [2.24, 2.45) is 18.7 Å². The van der Waals surface area contributed by atoms with E-state index >= 15 is 0 Å². The third-order valence-corrected chi connectivity index (χ3v) is 5.39. The summed E-state index contributed by atoms with van der Waals surface area (Å²) >= 11 is 1.57. The van der Waals surface area contributed by atoms with Gasteiger partial charge < -0.3 is 20.0 Å². The normalized spacial score (nSPS) is 17.0. The van der Waals surface area contributed by atoms with Crippen molar-refractivity contribution < 1.29 is 9.21 Å². The number of imidazole rings is 1. The lowest BCUT2D eigenvalue weighted by Crippen LogP contribution is -2.53. The summed E-state index contributed by atoms with van der Waals surface area (Å²) in [6.45, 7) is 2.44. The van der Waals surface area contributed by atoms with Gasteiger partial charge >= 0.3 is 0 Å². The van der Waals surface area contributed by atoms with Crippen molar-refractivity contribution in [3.63, 3.8) is 0 Å². The molecule has 2 aromatic heterocycles. The van der Waals surface area contributed by atoms with Crippen LogP contribution < -0.4 is 11.1 Å². The van der Waals surface area contributed by atoms with Gasteiger partial charge in [-0.2, -0.15) is 0 Å². The number of thioether (sulfide) groups is 1. The minimum Gasteiger partial charge on any atom is -0.455 e. The number of aromatic nitrogens is 2. The Bertz CT molecular complexity index is 692. The van der Waals surface area contributed by atoms with E-state index in [2.05, 4.69) is 10.3 Å². The van der Waals surface area contributed by atoms with Crippen molar-refractivity contribution in [2.45, 2.75) is 36.2 Å². The van der Waals surface area contributed by atoms with Gasteiger partial charge in [-0.25, -0.2) is 4.98 Å². The Morgan fingerprint density at radius 3 is 2.96 bits per heavy atom. The number of hydrogen-bond acceptors (Lipinski definition) is 5. The SMILES string of the molecule is Cn1ccnc1SCc1ccc(C(=O)NC(C)(CN)C2CC2)o1. The van der Waals surface area contributed by atoms with Gasteiger partial charge in [0.2, 0.25) is 0 Å². The third kappa shape index (κ3) is 3.61. The van der Waals surface area contributed by atoms with Crippen molar-refractivity contribution in [1.82, 2.24) is 14.9 Å². The lowest BCUT2D eigenvalue weighted by Gasteiger charge is -2.28. The quantitative estimate of drug-likeness (QED) is 0.758. The van der Waals surface area contributed by atoms with Crippen molar-refractivity contribution >= 4 is 17.7 Å². The largest absolute Gasteiger partial charge is 0.455 e. The van der Waals surface area contributed by atoms with E-state index in [0.29, 0.717) is 24.0 Å². The first kappa shape index (κ1) is 16.1. The zero-order chi connectivity index (χ0) is 16.4. The van der Waals surface area contributed by atoms with Gasteiger partial charge in [-0.3, -0.25) is 4.79 Å². The van der Waals surface area contributed by atoms with Crippen LogP contribution in [0.5, 0.6) is 0 Å². The molecule has 3 rings (SSSR count). The van der Waals surface area contributed by atoms with E-state index in [4.69, 9.17) is 10.2 Å². The molecule has 0 bridgehead atoms. The summed E-state index contributed by atoms with van der Waals surface area (Å²) in [6, 6.07) is 3.55. The van der Waals surface area contributed by atoms with E-state index in [1.807, 2.05) is 30.8 Å². The van der Waals surface area contributed by atoms with Crippen LogP contribution in [0.15, 0.2) is 34.1 Å². The predicted octanol–water partition coefficient (Wildman–Crippen LogP) is 2.16. The molecule has 6 nitrogen and oxygen atoms in total. The van der Waals surface area contributed by atoms with Gasteiger partial charge in [0.15, 0.2) is 10.9 Å². The Hall–Kier alpha value is -1.73. The van der Waals surface area contributed by atoms with Crippen molar-refractivity contribution in [2.75, 3.05) is 6.54 Å². The van der Waals surface area contributed by atoms with E-state index in [1.54, 1.807) is 24.0 Å². The lowest BCUT2D eigenvalue weighted by atomic mass is 9.96. The molecule has 0 radical (unpaired) electrons. The molecule has 1 fully saturated rings. The molecule has 124 valence electrons. The Balaban J connectivity index is 1.60. The summed E-state index contributed by atoms with van der Waals surface area (Å²) in [5, 5.41) is 3.95. The average Bonchev–Trinajstić information content (AvgIpc) is 3.16. The van der Waals surface area contributed by atoms with Gasteiger partial charge in [0.1, 0.15) is 5.76 Å². The minimum absolute atomic E-state index is 0.196. The number of nitrogens with one attached hydrogen (secondary N) is 1. The fourth-order valence-corrected chi connectivity index (χ4v) is 3.39. The molecule has 7 heteroatoms. The Morgan fingerprint density at radius 1 is 1.57 bits per heavy atom. The minimum atomic E-state index is -0.342. The van der Waals surface area contributed by atoms with Crippen LogP contribution in [0.1, 0.15) is 36.1 Å². The zero-order valence-electron chi connectivity index (χ0n) is 13.4. The van der Waals surface area contributed by atoms with Gasteiger partial charge in [-0.15, -0.1) is 0 Å². The number of carbonyl (C=O) groups is 1. The number of nitrogens with zero attached hydrogens (tertiary/aromatic N) is 2. The first-order chi connectivity index (χ1) is 11.0. The maximum Gasteiger partial charge on any atom is 0.287 e. The predicted molar refractivity (Wildman–Crippen MR) is 89.1 cm³/mol. The molecule has 1 atom stereocenters. The van der Waals surface area contributed by atoms with E-state index in [0.717, 1.165) is 23.8 Å². The van der Waals surface area contributed by atoms with Crippen LogP contribution >= 0.6 is 11.8 Å². The highest BCUT2D eigenvalue weighted by molar-refractivity contribution is 7.98. The van der Waals surface area contributed by atoms with Gasteiger partial charge in [0.25, 0.3) is 5.91 Å². The molecule has 0 aromatic carbocycles. The monoisotopic (exact) mass is 334 g/mol. The van der Waals surface area contributed by atoms with Crippen LogP contribution in [0.25, 0.3) is 0 Å². The van der Waals surface area contributed by atoms with E-state index in [9.17, 15) is 4.79 Å². The molecule has 3 N–H and O–H groups in total. The van der Waals surface area contributed by atoms with Crippen molar-refractivity contribution in [1.29, 1.82) is 0 Å². The summed E-state index contributed by atoms with van der Waals surface area (Å²) in [5.74, 6) is 2.00. The van der Waals surface area contributed by atoms with Crippen LogP contribution in [0.2, 0.25) is 0 Å². The zero-order valence-corrected chi connectivity index (χ0v) is 14.2. The highest BCUT2D eigenvalue weighted by Gasteiger charge is 2.42. The van der Waals surface area contributed by atoms with E-state index in [-0.39, 0.29) is 11.4 Å². The topological polar surface area (TPSA) is 86.1 Å². The number of furan rings is 1.